The molecule has 7 heteroatoms. The van der Waals surface area contributed by atoms with E-state index < -0.39 is 10.0 Å². The Bertz CT molecular complexity index is 997. The summed E-state index contributed by atoms with van der Waals surface area (Å²) in [5, 5.41) is 2.85. The summed E-state index contributed by atoms with van der Waals surface area (Å²) in [6.45, 7) is 3.69. The Labute approximate surface area is 185 Å². The number of carbonyl (C=O) groups is 1. The van der Waals surface area contributed by atoms with Crippen LogP contribution >= 0.6 is 0 Å². The van der Waals surface area contributed by atoms with Crippen LogP contribution in [0.4, 0.5) is 5.69 Å². The second-order valence-electron chi connectivity index (χ2n) is 8.10. The highest BCUT2D eigenvalue weighted by molar-refractivity contribution is 7.89. The molecule has 2 aromatic rings. The molecule has 1 N–H and O–H groups in total. The molecule has 1 aliphatic rings. The highest BCUT2D eigenvalue weighted by atomic mass is 32.2. The van der Waals surface area contributed by atoms with Crippen LogP contribution in [0.3, 0.4) is 0 Å². The summed E-state index contributed by atoms with van der Waals surface area (Å²) in [5.74, 6) is -0.0491. The van der Waals surface area contributed by atoms with Gasteiger partial charge in [-0.3, -0.25) is 4.79 Å². The fraction of sp³-hybridized carbons (Fsp3) is 0.458. The van der Waals surface area contributed by atoms with Crippen molar-refractivity contribution in [1.82, 2.24) is 4.31 Å². The SMILES string of the molecule is CCc1ccc(NC(=O)CN(C2CCCCC2)S(=O)(=O)c2cc(C)ccc2OC)cc1. The summed E-state index contributed by atoms with van der Waals surface area (Å²) in [6, 6.07) is 12.5. The number of rotatable bonds is 8. The van der Waals surface area contributed by atoms with Crippen molar-refractivity contribution >= 4 is 21.6 Å². The Morgan fingerprint density at radius 1 is 1.10 bits per heavy atom. The minimum absolute atomic E-state index is 0.112. The van der Waals surface area contributed by atoms with Gasteiger partial charge < -0.3 is 10.1 Å². The van der Waals surface area contributed by atoms with E-state index in [1.807, 2.05) is 37.3 Å². The third-order valence-electron chi connectivity index (χ3n) is 5.83. The fourth-order valence-corrected chi connectivity index (χ4v) is 5.94. The molecule has 0 heterocycles. The summed E-state index contributed by atoms with van der Waals surface area (Å²) in [5.41, 5.74) is 2.66. The minimum Gasteiger partial charge on any atom is -0.495 e. The number of sulfonamides is 1. The molecule has 0 atom stereocenters. The van der Waals surface area contributed by atoms with Crippen LogP contribution in [-0.4, -0.2) is 38.3 Å². The standard InChI is InChI=1S/C24H32N2O4S/c1-4-19-11-13-20(14-12-19)25-24(27)17-26(21-8-6-5-7-9-21)31(28,29)23-16-18(2)10-15-22(23)30-3/h10-16,21H,4-9,17H2,1-3H3,(H,25,27). The molecule has 0 bridgehead atoms. The molecule has 168 valence electrons. The predicted octanol–water partition coefficient (Wildman–Crippen LogP) is 4.53. The first-order valence-electron chi connectivity index (χ1n) is 10.9. The number of aryl methyl sites for hydroxylation is 2. The van der Waals surface area contributed by atoms with Gasteiger partial charge in [0.15, 0.2) is 0 Å². The number of methoxy groups -OCH3 is 1. The molecule has 0 spiro atoms. The average Bonchev–Trinajstić information content (AvgIpc) is 2.78. The van der Waals surface area contributed by atoms with Crippen LogP contribution < -0.4 is 10.1 Å². The highest BCUT2D eigenvalue weighted by Gasteiger charge is 2.35. The second-order valence-corrected chi connectivity index (χ2v) is 9.95. The molecule has 0 aliphatic heterocycles. The van der Waals surface area contributed by atoms with Gasteiger partial charge in [-0.05, 0) is 61.6 Å². The number of hydrogen-bond donors (Lipinski definition) is 1. The van der Waals surface area contributed by atoms with Gasteiger partial charge in [0.25, 0.3) is 0 Å². The third kappa shape index (κ3) is 5.66. The summed E-state index contributed by atoms with van der Waals surface area (Å²) >= 11 is 0. The van der Waals surface area contributed by atoms with Crippen molar-refractivity contribution in [3.8, 4) is 5.75 Å². The van der Waals surface area contributed by atoms with Crippen LogP contribution in [0.2, 0.25) is 0 Å². The lowest BCUT2D eigenvalue weighted by Crippen LogP contribution is -2.45. The smallest absolute Gasteiger partial charge is 0.247 e. The zero-order valence-corrected chi connectivity index (χ0v) is 19.4. The first-order valence-corrected chi connectivity index (χ1v) is 12.3. The lowest BCUT2D eigenvalue weighted by molar-refractivity contribution is -0.116. The van der Waals surface area contributed by atoms with Crippen molar-refractivity contribution in [2.24, 2.45) is 0 Å². The molecular formula is C24H32N2O4S. The van der Waals surface area contributed by atoms with Crippen molar-refractivity contribution in [3.05, 3.63) is 53.6 Å². The predicted molar refractivity (Wildman–Crippen MR) is 123 cm³/mol. The molecule has 1 fully saturated rings. The van der Waals surface area contributed by atoms with Gasteiger partial charge in [0.05, 0.1) is 13.7 Å². The van der Waals surface area contributed by atoms with Gasteiger partial charge in [-0.15, -0.1) is 0 Å². The minimum atomic E-state index is -3.92. The van der Waals surface area contributed by atoms with E-state index in [0.717, 1.165) is 44.1 Å². The number of nitrogens with zero attached hydrogens (tertiary/aromatic N) is 1. The quantitative estimate of drug-likeness (QED) is 0.649. The molecule has 2 aromatic carbocycles. The van der Waals surface area contributed by atoms with Crippen molar-refractivity contribution < 1.29 is 17.9 Å². The Hall–Kier alpha value is -2.38. The van der Waals surface area contributed by atoms with E-state index in [2.05, 4.69) is 12.2 Å². The van der Waals surface area contributed by atoms with E-state index in [4.69, 9.17) is 4.74 Å². The molecule has 31 heavy (non-hydrogen) atoms. The van der Waals surface area contributed by atoms with Crippen molar-refractivity contribution in [2.75, 3.05) is 19.0 Å². The molecule has 1 aliphatic carbocycles. The van der Waals surface area contributed by atoms with Crippen molar-refractivity contribution in [3.63, 3.8) is 0 Å². The molecule has 0 saturated heterocycles. The maximum atomic E-state index is 13.7. The summed E-state index contributed by atoms with van der Waals surface area (Å²) < 4.78 is 34.1. The van der Waals surface area contributed by atoms with E-state index in [0.29, 0.717) is 11.4 Å². The lowest BCUT2D eigenvalue weighted by Gasteiger charge is -2.33. The van der Waals surface area contributed by atoms with Crippen molar-refractivity contribution in [1.29, 1.82) is 0 Å². The lowest BCUT2D eigenvalue weighted by atomic mass is 9.95. The molecular weight excluding hydrogens is 412 g/mol. The van der Waals surface area contributed by atoms with Gasteiger partial charge in [0, 0.05) is 11.7 Å². The maximum Gasteiger partial charge on any atom is 0.247 e. The van der Waals surface area contributed by atoms with E-state index in [1.54, 1.807) is 12.1 Å². The Kier molecular flexibility index (Phi) is 7.73. The summed E-state index contributed by atoms with van der Waals surface area (Å²) in [7, 11) is -2.46. The Morgan fingerprint density at radius 2 is 1.77 bits per heavy atom. The van der Waals surface area contributed by atoms with Crippen LogP contribution in [0.15, 0.2) is 47.4 Å². The molecule has 3 rings (SSSR count). The number of benzene rings is 2. The van der Waals surface area contributed by atoms with E-state index >= 15 is 0 Å². The largest absolute Gasteiger partial charge is 0.495 e. The summed E-state index contributed by atoms with van der Waals surface area (Å²) in [6.07, 6.45) is 5.44. The van der Waals surface area contributed by atoms with E-state index in [9.17, 15) is 13.2 Å². The molecule has 0 unspecified atom stereocenters. The van der Waals surface area contributed by atoms with Crippen LogP contribution in [0, 0.1) is 6.92 Å². The van der Waals surface area contributed by atoms with Crippen LogP contribution in [0.1, 0.15) is 50.2 Å². The van der Waals surface area contributed by atoms with Crippen LogP contribution in [-0.2, 0) is 21.2 Å². The molecule has 1 amide bonds. The number of hydrogen-bond acceptors (Lipinski definition) is 4. The van der Waals surface area contributed by atoms with Crippen LogP contribution in [0.5, 0.6) is 5.75 Å². The van der Waals surface area contributed by atoms with Gasteiger partial charge in [-0.1, -0.05) is 44.4 Å². The Morgan fingerprint density at radius 3 is 2.39 bits per heavy atom. The van der Waals surface area contributed by atoms with E-state index in [-0.39, 0.29) is 23.4 Å². The van der Waals surface area contributed by atoms with E-state index in [1.165, 1.54) is 17.0 Å². The molecule has 0 aromatic heterocycles. The number of ether oxygens (including phenoxy) is 1. The Balaban J connectivity index is 1.88. The maximum absolute atomic E-state index is 13.7. The van der Waals surface area contributed by atoms with Gasteiger partial charge in [-0.2, -0.15) is 4.31 Å². The second kappa shape index (κ2) is 10.3. The average molecular weight is 445 g/mol. The first-order chi connectivity index (χ1) is 14.8. The zero-order valence-electron chi connectivity index (χ0n) is 18.6. The molecule has 1 saturated carbocycles. The van der Waals surface area contributed by atoms with Crippen molar-refractivity contribution in [2.45, 2.75) is 63.3 Å². The van der Waals surface area contributed by atoms with Gasteiger partial charge in [-0.25, -0.2) is 8.42 Å². The number of carbonyl (C=O) groups excluding carboxylic acids is 1. The zero-order chi connectivity index (χ0) is 22.4. The highest BCUT2D eigenvalue weighted by Crippen LogP contribution is 2.32. The molecule has 6 nitrogen and oxygen atoms in total. The van der Waals surface area contributed by atoms with Gasteiger partial charge in [0.2, 0.25) is 15.9 Å². The third-order valence-corrected chi connectivity index (χ3v) is 7.75. The number of anilines is 1. The normalized spacial score (nSPS) is 15.1. The summed E-state index contributed by atoms with van der Waals surface area (Å²) in [4.78, 5) is 13.0. The first kappa shape index (κ1) is 23.3. The van der Waals surface area contributed by atoms with Crippen LogP contribution in [0.25, 0.3) is 0 Å². The number of amides is 1. The molecule has 0 radical (unpaired) electrons. The van der Waals surface area contributed by atoms with Gasteiger partial charge >= 0.3 is 0 Å². The number of nitrogens with one attached hydrogen (secondary N) is 1. The topological polar surface area (TPSA) is 75.7 Å². The fourth-order valence-electron chi connectivity index (χ4n) is 4.06. The van der Waals surface area contributed by atoms with Gasteiger partial charge in [0.1, 0.15) is 10.6 Å². The monoisotopic (exact) mass is 444 g/mol.